The molecule has 34 heavy (non-hydrogen) atoms. The topological polar surface area (TPSA) is 87.7 Å². The van der Waals surface area contributed by atoms with Gasteiger partial charge in [-0.3, -0.25) is 9.59 Å². The zero-order valence-corrected chi connectivity index (χ0v) is 23.3. The van der Waals surface area contributed by atoms with Crippen molar-refractivity contribution in [1.82, 2.24) is 15.5 Å². The molecule has 0 fully saturated rings. The summed E-state index contributed by atoms with van der Waals surface area (Å²) in [7, 11) is 0. The monoisotopic (exact) mass is 493 g/mol. The molecular weight excluding hydrogens is 450 g/mol. The van der Waals surface area contributed by atoms with Crippen molar-refractivity contribution in [2.75, 3.05) is 12.0 Å². The first-order valence-corrected chi connectivity index (χ1v) is 13.2. The second-order valence-corrected chi connectivity index (χ2v) is 11.3. The lowest BCUT2D eigenvalue weighted by Crippen LogP contribution is -2.55. The van der Waals surface area contributed by atoms with E-state index in [1.165, 1.54) is 0 Å². The number of alkyl carbamates (subject to hydrolysis) is 1. The summed E-state index contributed by atoms with van der Waals surface area (Å²) in [5, 5.41) is 5.73. The van der Waals surface area contributed by atoms with Gasteiger partial charge in [-0.2, -0.15) is 11.8 Å². The van der Waals surface area contributed by atoms with E-state index in [0.29, 0.717) is 12.2 Å². The number of ether oxygens (including phenoxy) is 1. The van der Waals surface area contributed by atoms with Crippen molar-refractivity contribution in [2.24, 2.45) is 0 Å². The van der Waals surface area contributed by atoms with Crippen LogP contribution in [0.1, 0.15) is 77.6 Å². The van der Waals surface area contributed by atoms with Crippen LogP contribution in [-0.2, 0) is 14.3 Å². The van der Waals surface area contributed by atoms with E-state index in [2.05, 4.69) is 10.6 Å². The van der Waals surface area contributed by atoms with E-state index in [1.807, 2.05) is 66.0 Å². The predicted molar refractivity (Wildman–Crippen MR) is 140 cm³/mol. The van der Waals surface area contributed by atoms with Gasteiger partial charge in [-0.05, 0) is 86.3 Å². The average molecular weight is 494 g/mol. The summed E-state index contributed by atoms with van der Waals surface area (Å²) in [6, 6.07) is 3.91. The fourth-order valence-corrected chi connectivity index (χ4v) is 4.24. The summed E-state index contributed by atoms with van der Waals surface area (Å²) in [6.45, 7) is 16.8. The molecule has 0 heterocycles. The lowest BCUT2D eigenvalue weighted by atomic mass is 9.97. The highest BCUT2D eigenvalue weighted by Crippen LogP contribution is 2.27. The number of carbonyl (C=O) groups is 3. The maximum Gasteiger partial charge on any atom is 0.408 e. The highest BCUT2D eigenvalue weighted by molar-refractivity contribution is 7.98. The van der Waals surface area contributed by atoms with E-state index >= 15 is 0 Å². The molecule has 1 aromatic carbocycles. The normalized spacial score (nSPS) is 13.4. The van der Waals surface area contributed by atoms with Gasteiger partial charge in [-0.25, -0.2) is 4.79 Å². The summed E-state index contributed by atoms with van der Waals surface area (Å²) in [6.07, 6.45) is 1.72. The molecule has 2 unspecified atom stereocenters. The number of nitrogens with one attached hydrogen (secondary N) is 2. The third-order valence-electron chi connectivity index (χ3n) is 4.93. The molecule has 0 saturated heterocycles. The molecule has 7 nitrogen and oxygen atoms in total. The minimum absolute atomic E-state index is 0.0859. The van der Waals surface area contributed by atoms with E-state index in [0.717, 1.165) is 16.7 Å². The van der Waals surface area contributed by atoms with Gasteiger partial charge >= 0.3 is 6.09 Å². The largest absolute Gasteiger partial charge is 0.444 e. The summed E-state index contributed by atoms with van der Waals surface area (Å²) in [5.74, 6) is 0.116. The number of nitrogens with zero attached hydrogens (tertiary/aromatic N) is 1. The van der Waals surface area contributed by atoms with Crippen LogP contribution < -0.4 is 10.6 Å². The Labute approximate surface area is 209 Å². The third kappa shape index (κ3) is 9.57. The maximum atomic E-state index is 13.9. The molecule has 192 valence electrons. The van der Waals surface area contributed by atoms with Gasteiger partial charge in [-0.1, -0.05) is 29.3 Å². The van der Waals surface area contributed by atoms with Crippen LogP contribution in [0.2, 0.25) is 0 Å². The van der Waals surface area contributed by atoms with Crippen LogP contribution in [0.5, 0.6) is 0 Å². The van der Waals surface area contributed by atoms with E-state index in [4.69, 9.17) is 4.74 Å². The van der Waals surface area contributed by atoms with Crippen molar-refractivity contribution in [3.05, 3.63) is 34.9 Å². The Hall–Kier alpha value is -2.22. The van der Waals surface area contributed by atoms with Crippen molar-refractivity contribution in [1.29, 1.82) is 0 Å². The van der Waals surface area contributed by atoms with Crippen LogP contribution in [0.15, 0.2) is 18.2 Å². The number of rotatable bonds is 10. The highest BCUT2D eigenvalue weighted by atomic mass is 32.2. The fourth-order valence-electron chi connectivity index (χ4n) is 3.77. The van der Waals surface area contributed by atoms with Gasteiger partial charge in [0.1, 0.15) is 17.7 Å². The van der Waals surface area contributed by atoms with Gasteiger partial charge in [0.15, 0.2) is 0 Å². The number of benzene rings is 1. The van der Waals surface area contributed by atoms with Gasteiger partial charge < -0.3 is 20.3 Å². The molecule has 0 radical (unpaired) electrons. The second kappa shape index (κ2) is 13.0. The molecule has 1 aromatic rings. The molecule has 1 rings (SSSR count). The minimum Gasteiger partial charge on any atom is -0.444 e. The Morgan fingerprint density at radius 3 is 2.00 bits per heavy atom. The second-order valence-electron chi connectivity index (χ2n) is 10.3. The summed E-state index contributed by atoms with van der Waals surface area (Å²) in [4.78, 5) is 41.5. The van der Waals surface area contributed by atoms with E-state index in [1.54, 1.807) is 37.4 Å². The smallest absolute Gasteiger partial charge is 0.408 e. The van der Waals surface area contributed by atoms with Crippen LogP contribution >= 0.6 is 11.8 Å². The Morgan fingerprint density at radius 2 is 1.56 bits per heavy atom. The van der Waals surface area contributed by atoms with Gasteiger partial charge in [0.2, 0.25) is 11.8 Å². The number of aryl methyl sites for hydroxylation is 2. The number of amides is 3. The first-order chi connectivity index (χ1) is 15.7. The zero-order chi connectivity index (χ0) is 26.2. The third-order valence-corrected chi connectivity index (χ3v) is 5.57. The zero-order valence-electron chi connectivity index (χ0n) is 22.4. The standard InChI is InChI=1S/C26H43N3O4S/c1-16(2)27-23(30)22(20-14-18(5)13-19(6)15-20)29(17(3)4)24(31)21(11-12-34-10)28-25(32)33-26(7,8)9/h13-17,21-22H,11-12H2,1-10H3,(H,27,30)(H,28,32). The molecule has 0 aliphatic heterocycles. The quantitative estimate of drug-likeness (QED) is 0.491. The molecule has 0 spiro atoms. The number of carbonyl (C=O) groups excluding carboxylic acids is 3. The van der Waals surface area contributed by atoms with E-state index in [9.17, 15) is 14.4 Å². The molecular formula is C26H43N3O4S. The minimum atomic E-state index is -0.828. The highest BCUT2D eigenvalue weighted by Gasteiger charge is 2.38. The van der Waals surface area contributed by atoms with Crippen LogP contribution in [0.4, 0.5) is 4.79 Å². The Bertz CT molecular complexity index is 829. The number of thioether (sulfide) groups is 1. The van der Waals surface area contributed by atoms with Crippen molar-refractivity contribution >= 4 is 29.7 Å². The van der Waals surface area contributed by atoms with Gasteiger partial charge in [0, 0.05) is 12.1 Å². The van der Waals surface area contributed by atoms with Crippen LogP contribution in [-0.4, -0.2) is 58.5 Å². The first kappa shape index (κ1) is 29.8. The van der Waals surface area contributed by atoms with Gasteiger partial charge in [-0.15, -0.1) is 0 Å². The molecule has 0 saturated carbocycles. The van der Waals surface area contributed by atoms with E-state index < -0.39 is 23.8 Å². The molecule has 0 aromatic heterocycles. The summed E-state index contributed by atoms with van der Waals surface area (Å²) < 4.78 is 5.41. The Kier molecular flexibility index (Phi) is 11.4. The fraction of sp³-hybridized carbons (Fsp3) is 0.654. The molecule has 0 bridgehead atoms. The van der Waals surface area contributed by atoms with Crippen molar-refractivity contribution in [3.8, 4) is 0 Å². The molecule has 0 aliphatic rings. The number of hydrogen-bond donors (Lipinski definition) is 2. The van der Waals surface area contributed by atoms with Gasteiger partial charge in [0.05, 0.1) is 0 Å². The molecule has 8 heteroatoms. The lowest BCUT2D eigenvalue weighted by molar-refractivity contribution is -0.144. The van der Waals surface area contributed by atoms with Crippen LogP contribution in [0.25, 0.3) is 0 Å². The van der Waals surface area contributed by atoms with E-state index in [-0.39, 0.29) is 23.9 Å². The first-order valence-electron chi connectivity index (χ1n) is 11.9. The van der Waals surface area contributed by atoms with Crippen molar-refractivity contribution in [3.63, 3.8) is 0 Å². The van der Waals surface area contributed by atoms with Crippen LogP contribution in [0, 0.1) is 13.8 Å². The van der Waals surface area contributed by atoms with Gasteiger partial charge in [0.25, 0.3) is 0 Å². The Balaban J connectivity index is 3.48. The molecule has 2 atom stereocenters. The molecule has 0 aliphatic carbocycles. The average Bonchev–Trinajstić information content (AvgIpc) is 2.65. The summed E-state index contributed by atoms with van der Waals surface area (Å²) >= 11 is 1.59. The number of hydrogen-bond acceptors (Lipinski definition) is 5. The van der Waals surface area contributed by atoms with Crippen molar-refractivity contribution < 1.29 is 19.1 Å². The maximum absolute atomic E-state index is 13.9. The molecule has 3 amide bonds. The van der Waals surface area contributed by atoms with Crippen molar-refractivity contribution in [2.45, 2.75) is 98.5 Å². The van der Waals surface area contributed by atoms with Crippen LogP contribution in [0.3, 0.4) is 0 Å². The summed E-state index contributed by atoms with van der Waals surface area (Å²) in [5.41, 5.74) is 2.09. The SMILES string of the molecule is CSCCC(NC(=O)OC(C)(C)C)C(=O)N(C(C)C)C(C(=O)NC(C)C)c1cc(C)cc(C)c1. The predicted octanol–water partition coefficient (Wildman–Crippen LogP) is 4.75. The Morgan fingerprint density at radius 1 is 1.00 bits per heavy atom. The lowest BCUT2D eigenvalue weighted by Gasteiger charge is -2.37. The molecule has 2 N–H and O–H groups in total.